The second-order valence-electron chi connectivity index (χ2n) is 2.37. The number of aliphatic hydroxyl groups excluding tert-OH is 1. The summed E-state index contributed by atoms with van der Waals surface area (Å²) in [7, 11) is 0. The van der Waals surface area contributed by atoms with Crippen LogP contribution in [0.25, 0.3) is 6.08 Å². The Morgan fingerprint density at radius 2 is 2.25 bits per heavy atom. The van der Waals surface area contributed by atoms with E-state index in [0.717, 1.165) is 5.56 Å². The zero-order valence-corrected chi connectivity index (χ0v) is 7.25. The number of anilines is 1. The number of nitrogens with two attached hydrogens (primary N) is 1. The molecule has 0 atom stereocenters. The topological polar surface area (TPSA) is 46.2 Å². The highest BCUT2D eigenvalue weighted by Crippen LogP contribution is 2.19. The van der Waals surface area contributed by atoms with Crippen molar-refractivity contribution < 1.29 is 5.11 Å². The number of benzene rings is 1. The second kappa shape index (κ2) is 4.14. The van der Waals surface area contributed by atoms with Crippen LogP contribution in [-0.2, 0) is 0 Å². The summed E-state index contributed by atoms with van der Waals surface area (Å²) >= 11 is 5.85. The third-order valence-electron chi connectivity index (χ3n) is 1.43. The highest BCUT2D eigenvalue weighted by molar-refractivity contribution is 6.32. The van der Waals surface area contributed by atoms with Gasteiger partial charge >= 0.3 is 0 Å². The van der Waals surface area contributed by atoms with Crippen LogP contribution in [-0.4, -0.2) is 11.7 Å². The van der Waals surface area contributed by atoms with E-state index < -0.39 is 0 Å². The summed E-state index contributed by atoms with van der Waals surface area (Å²) in [6.07, 6.45) is 3.37. The van der Waals surface area contributed by atoms with Gasteiger partial charge in [0.2, 0.25) is 0 Å². The van der Waals surface area contributed by atoms with Crippen LogP contribution in [0, 0.1) is 0 Å². The Kier molecular flexibility index (Phi) is 3.14. The number of nitrogen functional groups attached to an aromatic ring is 1. The first-order chi connectivity index (χ1) is 5.74. The molecule has 0 fully saturated rings. The van der Waals surface area contributed by atoms with Crippen molar-refractivity contribution >= 4 is 23.4 Å². The molecule has 0 aromatic heterocycles. The molecule has 2 nitrogen and oxygen atoms in total. The van der Waals surface area contributed by atoms with E-state index in [2.05, 4.69) is 0 Å². The Morgan fingerprint density at radius 1 is 1.50 bits per heavy atom. The van der Waals surface area contributed by atoms with Gasteiger partial charge in [-0.05, 0) is 17.7 Å². The third-order valence-corrected chi connectivity index (χ3v) is 1.75. The minimum Gasteiger partial charge on any atom is -0.399 e. The van der Waals surface area contributed by atoms with Crippen molar-refractivity contribution in [2.75, 3.05) is 12.3 Å². The van der Waals surface area contributed by atoms with Gasteiger partial charge in [-0.15, -0.1) is 0 Å². The van der Waals surface area contributed by atoms with Gasteiger partial charge in [0, 0.05) is 10.7 Å². The molecule has 0 heterocycles. The van der Waals surface area contributed by atoms with Gasteiger partial charge in [0.05, 0.1) is 6.61 Å². The molecule has 1 rings (SSSR count). The average molecular weight is 184 g/mol. The summed E-state index contributed by atoms with van der Waals surface area (Å²) in [5.74, 6) is 0. The fraction of sp³-hybridized carbons (Fsp3) is 0.111. The second-order valence-corrected chi connectivity index (χ2v) is 2.77. The summed E-state index contributed by atoms with van der Waals surface area (Å²) < 4.78 is 0. The van der Waals surface area contributed by atoms with E-state index >= 15 is 0 Å². The van der Waals surface area contributed by atoms with Crippen LogP contribution in [0.3, 0.4) is 0 Å². The molecule has 0 unspecified atom stereocenters. The molecule has 12 heavy (non-hydrogen) atoms. The van der Waals surface area contributed by atoms with Crippen LogP contribution in [0.4, 0.5) is 5.69 Å². The molecule has 1 aromatic carbocycles. The lowest BCUT2D eigenvalue weighted by Gasteiger charge is -1.98. The lowest BCUT2D eigenvalue weighted by Crippen LogP contribution is -1.85. The number of halogens is 1. The van der Waals surface area contributed by atoms with Crippen LogP contribution in [0.5, 0.6) is 0 Å². The van der Waals surface area contributed by atoms with E-state index in [0.29, 0.717) is 10.7 Å². The van der Waals surface area contributed by atoms with E-state index in [1.165, 1.54) is 0 Å². The van der Waals surface area contributed by atoms with E-state index in [9.17, 15) is 0 Å². The normalized spacial score (nSPS) is 10.8. The summed E-state index contributed by atoms with van der Waals surface area (Å²) in [4.78, 5) is 0. The Bertz CT molecular complexity index is 297. The minimum absolute atomic E-state index is 0.0146. The Morgan fingerprint density at radius 3 is 2.83 bits per heavy atom. The lowest BCUT2D eigenvalue weighted by atomic mass is 10.2. The van der Waals surface area contributed by atoms with E-state index in [4.69, 9.17) is 22.4 Å². The molecule has 0 bridgehead atoms. The van der Waals surface area contributed by atoms with Gasteiger partial charge < -0.3 is 10.8 Å². The molecule has 0 aliphatic carbocycles. The van der Waals surface area contributed by atoms with Crippen molar-refractivity contribution in [1.29, 1.82) is 0 Å². The van der Waals surface area contributed by atoms with Crippen LogP contribution in [0.15, 0.2) is 24.3 Å². The van der Waals surface area contributed by atoms with Crippen LogP contribution >= 0.6 is 11.6 Å². The first-order valence-corrected chi connectivity index (χ1v) is 3.94. The SMILES string of the molecule is Nc1ccc(C=CCO)c(Cl)c1. The monoisotopic (exact) mass is 183 g/mol. The first kappa shape index (κ1) is 9.10. The maximum atomic E-state index is 8.52. The zero-order chi connectivity index (χ0) is 8.97. The van der Waals surface area contributed by atoms with Gasteiger partial charge in [0.15, 0.2) is 0 Å². The Labute approximate surface area is 76.3 Å². The molecule has 0 aliphatic heterocycles. The molecular weight excluding hydrogens is 174 g/mol. The lowest BCUT2D eigenvalue weighted by molar-refractivity contribution is 0.343. The van der Waals surface area contributed by atoms with Crippen molar-refractivity contribution in [3.05, 3.63) is 34.9 Å². The van der Waals surface area contributed by atoms with Crippen LogP contribution in [0.2, 0.25) is 5.02 Å². The number of hydrogen-bond acceptors (Lipinski definition) is 2. The third kappa shape index (κ3) is 2.26. The smallest absolute Gasteiger partial charge is 0.0615 e. The number of aliphatic hydroxyl groups is 1. The molecular formula is C9H10ClNO. The molecule has 0 radical (unpaired) electrons. The molecule has 1 aromatic rings. The highest BCUT2D eigenvalue weighted by Gasteiger charge is 1.95. The largest absolute Gasteiger partial charge is 0.399 e. The predicted molar refractivity (Wildman–Crippen MR) is 52.0 cm³/mol. The zero-order valence-electron chi connectivity index (χ0n) is 6.50. The van der Waals surface area contributed by atoms with Crippen LogP contribution in [0.1, 0.15) is 5.56 Å². The number of rotatable bonds is 2. The van der Waals surface area contributed by atoms with Gasteiger partial charge in [0.25, 0.3) is 0 Å². The van der Waals surface area contributed by atoms with E-state index in [1.54, 1.807) is 24.3 Å². The molecule has 0 spiro atoms. The van der Waals surface area contributed by atoms with Crippen molar-refractivity contribution in [3.8, 4) is 0 Å². The van der Waals surface area contributed by atoms with Crippen molar-refractivity contribution in [3.63, 3.8) is 0 Å². The summed E-state index contributed by atoms with van der Waals surface area (Å²) in [5.41, 5.74) is 7.00. The Balaban J connectivity index is 2.94. The first-order valence-electron chi connectivity index (χ1n) is 3.56. The average Bonchev–Trinajstić information content (AvgIpc) is 2.03. The van der Waals surface area contributed by atoms with Gasteiger partial charge in [-0.2, -0.15) is 0 Å². The van der Waals surface area contributed by atoms with Gasteiger partial charge in [-0.1, -0.05) is 29.8 Å². The molecule has 0 saturated heterocycles. The molecule has 3 N–H and O–H groups in total. The highest BCUT2D eigenvalue weighted by atomic mass is 35.5. The predicted octanol–water partition coefficient (Wildman–Crippen LogP) is 1.93. The fourth-order valence-corrected chi connectivity index (χ4v) is 1.11. The quantitative estimate of drug-likeness (QED) is 0.689. The fourth-order valence-electron chi connectivity index (χ4n) is 0.858. The summed E-state index contributed by atoms with van der Waals surface area (Å²) in [6, 6.07) is 5.26. The van der Waals surface area contributed by atoms with Gasteiger partial charge in [-0.3, -0.25) is 0 Å². The molecule has 64 valence electrons. The summed E-state index contributed by atoms with van der Waals surface area (Å²) in [5, 5.41) is 9.12. The van der Waals surface area contributed by atoms with E-state index in [1.807, 2.05) is 6.07 Å². The van der Waals surface area contributed by atoms with Gasteiger partial charge in [0.1, 0.15) is 0 Å². The van der Waals surface area contributed by atoms with Crippen molar-refractivity contribution in [1.82, 2.24) is 0 Å². The van der Waals surface area contributed by atoms with Crippen molar-refractivity contribution in [2.24, 2.45) is 0 Å². The summed E-state index contributed by atoms with van der Waals surface area (Å²) in [6.45, 7) is 0.0146. The number of hydrogen-bond donors (Lipinski definition) is 2. The van der Waals surface area contributed by atoms with Crippen LogP contribution < -0.4 is 5.73 Å². The molecule has 0 amide bonds. The molecule has 0 saturated carbocycles. The minimum atomic E-state index is 0.0146. The maximum absolute atomic E-state index is 8.52. The van der Waals surface area contributed by atoms with E-state index in [-0.39, 0.29) is 6.61 Å². The standard InChI is InChI=1S/C9H10ClNO/c10-9-6-8(11)4-3-7(9)2-1-5-12/h1-4,6,12H,5,11H2. The van der Waals surface area contributed by atoms with Crippen molar-refractivity contribution in [2.45, 2.75) is 0 Å². The molecule has 3 heteroatoms. The molecule has 0 aliphatic rings. The Hall–Kier alpha value is -0.990. The maximum Gasteiger partial charge on any atom is 0.0615 e. The van der Waals surface area contributed by atoms with Gasteiger partial charge in [-0.25, -0.2) is 0 Å².